The summed E-state index contributed by atoms with van der Waals surface area (Å²) >= 11 is 0. The highest BCUT2D eigenvalue weighted by Crippen LogP contribution is 2.31. The molecule has 0 heterocycles. The highest BCUT2D eigenvalue weighted by molar-refractivity contribution is 5.78. The van der Waals surface area contributed by atoms with Crippen LogP contribution < -0.4 is 15.4 Å². The van der Waals surface area contributed by atoms with Gasteiger partial charge in [-0.15, -0.1) is 0 Å². The van der Waals surface area contributed by atoms with Crippen molar-refractivity contribution in [3.8, 4) is 5.75 Å². The summed E-state index contributed by atoms with van der Waals surface area (Å²) < 4.78 is 5.62. The van der Waals surface area contributed by atoms with Crippen molar-refractivity contribution in [3.63, 3.8) is 0 Å². The number of hydrogen-bond donors (Lipinski definition) is 2. The van der Waals surface area contributed by atoms with E-state index in [-0.39, 0.29) is 18.1 Å². The zero-order valence-corrected chi connectivity index (χ0v) is 13.5. The van der Waals surface area contributed by atoms with Crippen LogP contribution in [0.4, 0.5) is 0 Å². The Labute approximate surface area is 127 Å². The lowest BCUT2D eigenvalue weighted by molar-refractivity contribution is -0.124. The molecule has 0 saturated carbocycles. The molecule has 1 atom stereocenters. The van der Waals surface area contributed by atoms with E-state index in [2.05, 4.69) is 22.8 Å². The second-order valence-corrected chi connectivity index (χ2v) is 6.68. The summed E-state index contributed by atoms with van der Waals surface area (Å²) in [6, 6.07) is 6.58. The molecule has 2 rings (SSSR count). The van der Waals surface area contributed by atoms with E-state index in [1.807, 2.05) is 33.9 Å². The van der Waals surface area contributed by atoms with Crippen LogP contribution in [0, 0.1) is 0 Å². The van der Waals surface area contributed by atoms with Crippen LogP contribution in [0.15, 0.2) is 18.2 Å². The minimum atomic E-state index is -0.226. The van der Waals surface area contributed by atoms with Gasteiger partial charge in [-0.1, -0.05) is 6.07 Å². The van der Waals surface area contributed by atoms with E-state index in [1.54, 1.807) is 0 Å². The number of benzene rings is 1. The molecular formula is C17H26N2O2. The molecule has 2 N–H and O–H groups in total. The Morgan fingerprint density at radius 3 is 2.81 bits per heavy atom. The van der Waals surface area contributed by atoms with Gasteiger partial charge in [-0.3, -0.25) is 4.79 Å². The number of hydrogen-bond acceptors (Lipinski definition) is 3. The largest absolute Gasteiger partial charge is 0.484 e. The molecular weight excluding hydrogens is 264 g/mol. The number of carbonyl (C=O) groups is 1. The van der Waals surface area contributed by atoms with Crippen molar-refractivity contribution in [2.45, 2.75) is 51.6 Å². The first-order valence-corrected chi connectivity index (χ1v) is 7.63. The van der Waals surface area contributed by atoms with Gasteiger partial charge in [-0.05, 0) is 70.3 Å². The number of nitrogens with one attached hydrogen (secondary N) is 2. The van der Waals surface area contributed by atoms with Gasteiger partial charge >= 0.3 is 0 Å². The lowest BCUT2D eigenvalue weighted by Gasteiger charge is -2.25. The number of rotatable bonds is 4. The lowest BCUT2D eigenvalue weighted by atomic mass is 9.87. The molecule has 1 aliphatic carbocycles. The van der Waals surface area contributed by atoms with E-state index in [0.29, 0.717) is 6.04 Å². The normalized spacial score (nSPS) is 18.0. The van der Waals surface area contributed by atoms with Crippen LogP contribution in [-0.2, 0) is 11.2 Å². The third kappa shape index (κ3) is 4.46. The van der Waals surface area contributed by atoms with Gasteiger partial charge in [0.05, 0.1) is 0 Å². The first kappa shape index (κ1) is 15.8. The Morgan fingerprint density at radius 2 is 2.14 bits per heavy atom. The third-order valence-corrected chi connectivity index (χ3v) is 3.66. The number of carbonyl (C=O) groups excluding carboxylic acids is 1. The van der Waals surface area contributed by atoms with Gasteiger partial charge in [0, 0.05) is 11.6 Å². The highest BCUT2D eigenvalue weighted by Gasteiger charge is 2.19. The fraction of sp³-hybridized carbons (Fsp3) is 0.588. The second-order valence-electron chi connectivity index (χ2n) is 6.68. The van der Waals surface area contributed by atoms with Crippen molar-refractivity contribution >= 4 is 5.91 Å². The molecule has 1 amide bonds. The van der Waals surface area contributed by atoms with Crippen molar-refractivity contribution in [1.29, 1.82) is 0 Å². The topological polar surface area (TPSA) is 50.4 Å². The summed E-state index contributed by atoms with van der Waals surface area (Å²) in [5.41, 5.74) is 2.46. The predicted octanol–water partition coefficient (Wildman–Crippen LogP) is 2.58. The molecule has 1 aliphatic rings. The predicted molar refractivity (Wildman–Crippen MR) is 84.6 cm³/mol. The molecule has 0 fully saturated rings. The fourth-order valence-electron chi connectivity index (χ4n) is 2.78. The van der Waals surface area contributed by atoms with Gasteiger partial charge in [-0.2, -0.15) is 0 Å². The van der Waals surface area contributed by atoms with Crippen molar-refractivity contribution < 1.29 is 9.53 Å². The molecule has 0 radical (unpaired) electrons. The Balaban J connectivity index is 1.98. The number of aryl methyl sites for hydroxylation is 1. The SMILES string of the molecule is CNC1CCCc2cc(OCC(=O)NC(C)(C)C)ccc21. The lowest BCUT2D eigenvalue weighted by Crippen LogP contribution is -2.43. The molecule has 21 heavy (non-hydrogen) atoms. The minimum Gasteiger partial charge on any atom is -0.484 e. The van der Waals surface area contributed by atoms with Crippen LogP contribution in [0.5, 0.6) is 5.75 Å². The summed E-state index contributed by atoms with van der Waals surface area (Å²) in [7, 11) is 2.00. The van der Waals surface area contributed by atoms with Crippen molar-refractivity contribution in [1.82, 2.24) is 10.6 Å². The molecule has 1 aromatic carbocycles. The van der Waals surface area contributed by atoms with E-state index in [1.165, 1.54) is 24.0 Å². The zero-order chi connectivity index (χ0) is 15.5. The monoisotopic (exact) mass is 290 g/mol. The second kappa shape index (κ2) is 6.48. The first-order chi connectivity index (χ1) is 9.89. The Morgan fingerprint density at radius 1 is 1.38 bits per heavy atom. The summed E-state index contributed by atoms with van der Waals surface area (Å²) in [6.45, 7) is 5.94. The maximum absolute atomic E-state index is 11.8. The van der Waals surface area contributed by atoms with Crippen molar-refractivity contribution in [3.05, 3.63) is 29.3 Å². The molecule has 1 aromatic rings. The van der Waals surface area contributed by atoms with Gasteiger partial charge in [0.25, 0.3) is 5.91 Å². The maximum Gasteiger partial charge on any atom is 0.258 e. The van der Waals surface area contributed by atoms with E-state index < -0.39 is 0 Å². The molecule has 4 nitrogen and oxygen atoms in total. The maximum atomic E-state index is 11.8. The van der Waals surface area contributed by atoms with Crippen LogP contribution in [0.2, 0.25) is 0 Å². The van der Waals surface area contributed by atoms with Crippen LogP contribution in [0.25, 0.3) is 0 Å². The average molecular weight is 290 g/mol. The summed E-state index contributed by atoms with van der Waals surface area (Å²) in [5.74, 6) is 0.683. The summed E-state index contributed by atoms with van der Waals surface area (Å²) in [4.78, 5) is 11.8. The number of fused-ring (bicyclic) bond motifs is 1. The standard InChI is InChI=1S/C17H26N2O2/c1-17(2,3)19-16(20)11-21-13-8-9-14-12(10-13)6-5-7-15(14)18-4/h8-10,15,18H,5-7,11H2,1-4H3,(H,19,20). The third-order valence-electron chi connectivity index (χ3n) is 3.66. The minimum absolute atomic E-state index is 0.0610. The Hall–Kier alpha value is -1.55. The van der Waals surface area contributed by atoms with E-state index in [0.717, 1.165) is 12.2 Å². The molecule has 116 valence electrons. The van der Waals surface area contributed by atoms with E-state index in [9.17, 15) is 4.79 Å². The number of ether oxygens (including phenoxy) is 1. The van der Waals surface area contributed by atoms with Gasteiger partial charge in [-0.25, -0.2) is 0 Å². The molecule has 0 aliphatic heterocycles. The Kier molecular flexibility index (Phi) is 4.88. The Bertz CT molecular complexity index is 506. The van der Waals surface area contributed by atoms with E-state index >= 15 is 0 Å². The van der Waals surface area contributed by atoms with Gasteiger partial charge < -0.3 is 15.4 Å². The highest BCUT2D eigenvalue weighted by atomic mass is 16.5. The van der Waals surface area contributed by atoms with Gasteiger partial charge in [0.2, 0.25) is 0 Å². The fourth-order valence-corrected chi connectivity index (χ4v) is 2.78. The average Bonchev–Trinajstić information content (AvgIpc) is 2.42. The van der Waals surface area contributed by atoms with Crippen LogP contribution in [0.3, 0.4) is 0 Å². The number of amides is 1. The van der Waals surface area contributed by atoms with Crippen LogP contribution in [-0.4, -0.2) is 25.1 Å². The van der Waals surface area contributed by atoms with Crippen molar-refractivity contribution in [2.75, 3.05) is 13.7 Å². The van der Waals surface area contributed by atoms with Crippen molar-refractivity contribution in [2.24, 2.45) is 0 Å². The molecule has 4 heteroatoms. The smallest absolute Gasteiger partial charge is 0.258 e. The van der Waals surface area contributed by atoms with Gasteiger partial charge in [0.1, 0.15) is 5.75 Å². The molecule has 0 aromatic heterocycles. The van der Waals surface area contributed by atoms with Crippen LogP contribution in [0.1, 0.15) is 50.8 Å². The molecule has 0 saturated heterocycles. The molecule has 0 bridgehead atoms. The first-order valence-electron chi connectivity index (χ1n) is 7.63. The molecule has 1 unspecified atom stereocenters. The summed E-state index contributed by atoms with van der Waals surface area (Å²) in [6.07, 6.45) is 3.45. The van der Waals surface area contributed by atoms with Crippen LogP contribution >= 0.6 is 0 Å². The zero-order valence-electron chi connectivity index (χ0n) is 13.5. The molecule has 0 spiro atoms. The van der Waals surface area contributed by atoms with Gasteiger partial charge in [0.15, 0.2) is 6.61 Å². The van der Waals surface area contributed by atoms with E-state index in [4.69, 9.17) is 4.74 Å². The quantitative estimate of drug-likeness (QED) is 0.896. The summed E-state index contributed by atoms with van der Waals surface area (Å²) in [5, 5.41) is 6.24.